The van der Waals surface area contributed by atoms with Crippen LogP contribution in [0.5, 0.6) is 0 Å². The number of amides is 2. The number of aromatic nitrogens is 1. The maximum atomic E-state index is 13.1. The minimum atomic E-state index is -4.43. The van der Waals surface area contributed by atoms with Gasteiger partial charge in [0, 0.05) is 6.20 Å². The van der Waals surface area contributed by atoms with Gasteiger partial charge in [0.15, 0.2) is 0 Å². The van der Waals surface area contributed by atoms with Crippen LogP contribution in [0.2, 0.25) is 0 Å². The van der Waals surface area contributed by atoms with Gasteiger partial charge in [-0.1, -0.05) is 18.9 Å². The van der Waals surface area contributed by atoms with E-state index < -0.39 is 30.2 Å². The van der Waals surface area contributed by atoms with Gasteiger partial charge in [-0.25, -0.2) is 4.79 Å². The van der Waals surface area contributed by atoms with Crippen LogP contribution in [0.1, 0.15) is 44.3 Å². The largest absolute Gasteiger partial charge is 0.408 e. The number of alkyl halides is 3. The fourth-order valence-electron chi connectivity index (χ4n) is 2.84. The van der Waals surface area contributed by atoms with Crippen molar-refractivity contribution in [3.8, 4) is 0 Å². The molecule has 1 aromatic rings. The van der Waals surface area contributed by atoms with Crippen molar-refractivity contribution in [3.05, 3.63) is 30.1 Å². The molecule has 0 bridgehead atoms. The molecule has 2 N–H and O–H groups in total. The Bertz CT molecular complexity index is 487. The first-order valence-electron chi connectivity index (χ1n) is 7.42. The smallest absolute Gasteiger partial charge is 0.330 e. The Balaban J connectivity index is 1.96. The molecule has 0 radical (unpaired) electrons. The van der Waals surface area contributed by atoms with Gasteiger partial charge >= 0.3 is 12.2 Å². The molecule has 1 aromatic heterocycles. The zero-order valence-electron chi connectivity index (χ0n) is 12.4. The molecule has 0 aromatic carbocycles. The van der Waals surface area contributed by atoms with Crippen molar-refractivity contribution < 1.29 is 18.0 Å². The molecule has 1 aliphatic rings. The summed E-state index contributed by atoms with van der Waals surface area (Å²) in [5.74, 6) is -0.532. The first kappa shape index (κ1) is 16.6. The number of nitrogens with zero attached hydrogens (tertiary/aromatic N) is 1. The standard InChI is InChI=1S/C15H20F3N3O/c1-10(12-8-4-5-9-19-12)20-14(22)21-13(15(16,17)18)11-6-2-3-7-11/h4-5,8-11,13H,2-3,6-7H2,1H3,(H2,20,21,22)/t10-,13+/m0/s1. The highest BCUT2D eigenvalue weighted by molar-refractivity contribution is 5.74. The van der Waals surface area contributed by atoms with E-state index in [9.17, 15) is 18.0 Å². The van der Waals surface area contributed by atoms with E-state index in [4.69, 9.17) is 0 Å². The predicted octanol–water partition coefficient (Wildman–Crippen LogP) is 3.56. The van der Waals surface area contributed by atoms with Gasteiger partial charge in [-0.05, 0) is 37.8 Å². The molecule has 22 heavy (non-hydrogen) atoms. The molecule has 1 heterocycles. The third kappa shape index (κ3) is 4.35. The molecule has 2 amide bonds. The van der Waals surface area contributed by atoms with Crippen LogP contribution in [0.15, 0.2) is 24.4 Å². The van der Waals surface area contributed by atoms with E-state index in [2.05, 4.69) is 15.6 Å². The molecule has 2 atom stereocenters. The van der Waals surface area contributed by atoms with E-state index in [1.165, 1.54) is 0 Å². The first-order chi connectivity index (χ1) is 10.4. The van der Waals surface area contributed by atoms with Crippen LogP contribution in [0.4, 0.5) is 18.0 Å². The lowest BCUT2D eigenvalue weighted by Gasteiger charge is -2.27. The third-order valence-electron chi connectivity index (χ3n) is 3.99. The highest BCUT2D eigenvalue weighted by Gasteiger charge is 2.46. The van der Waals surface area contributed by atoms with E-state index in [0.29, 0.717) is 18.5 Å². The van der Waals surface area contributed by atoms with Gasteiger partial charge in [0.25, 0.3) is 0 Å². The van der Waals surface area contributed by atoms with Crippen LogP contribution in [0.3, 0.4) is 0 Å². The molecule has 1 saturated carbocycles. The van der Waals surface area contributed by atoms with Crippen molar-refractivity contribution in [2.75, 3.05) is 0 Å². The zero-order chi connectivity index (χ0) is 16.2. The molecular weight excluding hydrogens is 295 g/mol. The molecule has 0 saturated heterocycles. The van der Waals surface area contributed by atoms with Crippen LogP contribution in [-0.2, 0) is 0 Å². The Morgan fingerprint density at radius 1 is 1.27 bits per heavy atom. The second-order valence-corrected chi connectivity index (χ2v) is 5.66. The van der Waals surface area contributed by atoms with Crippen molar-refractivity contribution in [2.24, 2.45) is 5.92 Å². The number of hydrogen-bond donors (Lipinski definition) is 2. The predicted molar refractivity (Wildman–Crippen MR) is 76.1 cm³/mol. The number of urea groups is 1. The summed E-state index contributed by atoms with van der Waals surface area (Å²) in [6.07, 6.45) is -0.292. The number of hydrogen-bond acceptors (Lipinski definition) is 2. The summed E-state index contributed by atoms with van der Waals surface area (Å²) in [7, 11) is 0. The summed E-state index contributed by atoms with van der Waals surface area (Å²) < 4.78 is 39.4. The van der Waals surface area contributed by atoms with Crippen LogP contribution in [0.25, 0.3) is 0 Å². The van der Waals surface area contributed by atoms with Gasteiger partial charge in [-0.15, -0.1) is 0 Å². The number of nitrogens with one attached hydrogen (secondary N) is 2. The second kappa shape index (κ2) is 6.98. The summed E-state index contributed by atoms with van der Waals surface area (Å²) in [5.41, 5.74) is 0.599. The molecule has 0 spiro atoms. The minimum Gasteiger partial charge on any atom is -0.330 e. The second-order valence-electron chi connectivity index (χ2n) is 5.66. The summed E-state index contributed by atoms with van der Waals surface area (Å²) in [6.45, 7) is 1.68. The lowest BCUT2D eigenvalue weighted by atomic mass is 9.98. The summed E-state index contributed by atoms with van der Waals surface area (Å²) >= 11 is 0. The van der Waals surface area contributed by atoms with Crippen LogP contribution < -0.4 is 10.6 Å². The molecular formula is C15H20F3N3O. The Morgan fingerprint density at radius 2 is 1.95 bits per heavy atom. The molecule has 2 rings (SSSR count). The summed E-state index contributed by atoms with van der Waals surface area (Å²) in [4.78, 5) is 16.0. The van der Waals surface area contributed by atoms with Crippen molar-refractivity contribution in [2.45, 2.75) is 50.9 Å². The number of rotatable bonds is 4. The number of pyridine rings is 1. The van der Waals surface area contributed by atoms with Gasteiger partial charge in [-0.3, -0.25) is 4.98 Å². The fraction of sp³-hybridized carbons (Fsp3) is 0.600. The van der Waals surface area contributed by atoms with E-state index in [-0.39, 0.29) is 0 Å². The summed E-state index contributed by atoms with van der Waals surface area (Å²) in [5, 5.41) is 4.61. The van der Waals surface area contributed by atoms with Crippen LogP contribution >= 0.6 is 0 Å². The van der Waals surface area contributed by atoms with E-state index in [1.807, 2.05) is 0 Å². The van der Waals surface area contributed by atoms with Gasteiger partial charge < -0.3 is 10.6 Å². The van der Waals surface area contributed by atoms with Crippen molar-refractivity contribution in [1.82, 2.24) is 15.6 Å². The monoisotopic (exact) mass is 315 g/mol. The SMILES string of the molecule is C[C@H](NC(=O)N[C@H](C1CCCC1)C(F)(F)F)c1ccccn1. The number of halogens is 3. The highest BCUT2D eigenvalue weighted by Crippen LogP contribution is 2.35. The van der Waals surface area contributed by atoms with E-state index in [1.54, 1.807) is 31.3 Å². The fourth-order valence-corrected chi connectivity index (χ4v) is 2.84. The molecule has 7 heteroatoms. The third-order valence-corrected chi connectivity index (χ3v) is 3.99. The van der Waals surface area contributed by atoms with Gasteiger partial charge in [0.2, 0.25) is 0 Å². The maximum absolute atomic E-state index is 13.1. The molecule has 1 fully saturated rings. The Kier molecular flexibility index (Phi) is 5.26. The first-order valence-corrected chi connectivity index (χ1v) is 7.42. The normalized spacial score (nSPS) is 18.7. The molecule has 0 unspecified atom stereocenters. The summed E-state index contributed by atoms with van der Waals surface area (Å²) in [6, 6.07) is 2.14. The van der Waals surface area contributed by atoms with Crippen molar-refractivity contribution in [3.63, 3.8) is 0 Å². The van der Waals surface area contributed by atoms with Gasteiger partial charge in [-0.2, -0.15) is 13.2 Å². The van der Waals surface area contributed by atoms with Gasteiger partial charge in [0.1, 0.15) is 6.04 Å². The van der Waals surface area contributed by atoms with Crippen molar-refractivity contribution in [1.29, 1.82) is 0 Å². The quantitative estimate of drug-likeness (QED) is 0.892. The highest BCUT2D eigenvalue weighted by atomic mass is 19.4. The molecule has 4 nitrogen and oxygen atoms in total. The van der Waals surface area contributed by atoms with E-state index in [0.717, 1.165) is 12.8 Å². The van der Waals surface area contributed by atoms with Crippen LogP contribution in [-0.4, -0.2) is 23.2 Å². The Labute approximate surface area is 127 Å². The molecule has 122 valence electrons. The maximum Gasteiger partial charge on any atom is 0.408 e. The van der Waals surface area contributed by atoms with Gasteiger partial charge in [0.05, 0.1) is 11.7 Å². The lowest BCUT2D eigenvalue weighted by Crippen LogP contribution is -2.53. The Hall–Kier alpha value is -1.79. The van der Waals surface area contributed by atoms with Crippen molar-refractivity contribution >= 4 is 6.03 Å². The molecule has 1 aliphatic carbocycles. The number of carbonyl (C=O) groups excluding carboxylic acids is 1. The van der Waals surface area contributed by atoms with E-state index >= 15 is 0 Å². The molecule has 0 aliphatic heterocycles. The Morgan fingerprint density at radius 3 is 2.50 bits per heavy atom. The zero-order valence-corrected chi connectivity index (χ0v) is 12.4. The topological polar surface area (TPSA) is 54.0 Å². The minimum absolute atomic E-state index is 0.460. The lowest BCUT2D eigenvalue weighted by molar-refractivity contribution is -0.164. The number of carbonyl (C=O) groups is 1. The average molecular weight is 315 g/mol. The average Bonchev–Trinajstić information content (AvgIpc) is 2.98. The van der Waals surface area contributed by atoms with Crippen LogP contribution in [0, 0.1) is 5.92 Å².